The fourth-order valence-corrected chi connectivity index (χ4v) is 5.50. The number of carboxylic acid groups (broad SMARTS) is 1. The van der Waals surface area contributed by atoms with Gasteiger partial charge >= 0.3 is 11.7 Å². The van der Waals surface area contributed by atoms with E-state index in [-0.39, 0.29) is 17.5 Å². The minimum atomic E-state index is -0.827. The van der Waals surface area contributed by atoms with E-state index in [0.717, 1.165) is 46.7 Å². The van der Waals surface area contributed by atoms with Gasteiger partial charge in [0.2, 0.25) is 0 Å². The molecule has 7 heteroatoms. The Kier molecular flexibility index (Phi) is 8.13. The molecule has 0 amide bonds. The fraction of sp³-hybridized carbons (Fsp3) is 0.367. The molecule has 0 radical (unpaired) electrons. The van der Waals surface area contributed by atoms with Crippen LogP contribution in [0.15, 0.2) is 65.5 Å². The lowest BCUT2D eigenvalue weighted by Crippen LogP contribution is -2.25. The third kappa shape index (κ3) is 6.66. The van der Waals surface area contributed by atoms with Crippen LogP contribution in [0.25, 0.3) is 11.1 Å². The van der Waals surface area contributed by atoms with Crippen LogP contribution in [0.5, 0.6) is 0 Å². The predicted octanol–water partition coefficient (Wildman–Crippen LogP) is 5.94. The Morgan fingerprint density at radius 3 is 2.38 bits per heavy atom. The second-order valence-electron chi connectivity index (χ2n) is 10.4. The van der Waals surface area contributed by atoms with Crippen LogP contribution in [-0.2, 0) is 42.6 Å². The average Bonchev–Trinajstić information content (AvgIpc) is 3.44. The number of thiophene rings is 1. The lowest BCUT2D eigenvalue weighted by Gasteiger charge is -2.15. The van der Waals surface area contributed by atoms with E-state index in [9.17, 15) is 9.59 Å². The quantitative estimate of drug-likeness (QED) is 0.282. The molecule has 4 aromatic rings. The first-order valence-electron chi connectivity index (χ1n) is 12.8. The first-order chi connectivity index (χ1) is 17.6. The first kappa shape index (κ1) is 26.6. The van der Waals surface area contributed by atoms with Gasteiger partial charge in [0.05, 0.1) is 13.0 Å². The van der Waals surface area contributed by atoms with Gasteiger partial charge in [0.15, 0.2) is 0 Å². The van der Waals surface area contributed by atoms with Crippen LogP contribution >= 0.6 is 11.3 Å². The number of benzene rings is 2. The molecule has 0 atom stereocenters. The fourth-order valence-electron chi connectivity index (χ4n) is 4.46. The maximum Gasteiger partial charge on any atom is 0.346 e. The molecule has 6 nitrogen and oxygen atoms in total. The summed E-state index contributed by atoms with van der Waals surface area (Å²) >= 11 is 1.75. The molecule has 4 rings (SSSR count). The molecule has 2 aromatic heterocycles. The maximum absolute atomic E-state index is 13.0. The summed E-state index contributed by atoms with van der Waals surface area (Å²) in [5, 5.41) is 13.7. The Morgan fingerprint density at radius 1 is 0.973 bits per heavy atom. The van der Waals surface area contributed by atoms with Crippen LogP contribution in [0, 0.1) is 0 Å². The molecule has 2 heterocycles. The Bertz CT molecular complexity index is 1420. The van der Waals surface area contributed by atoms with Gasteiger partial charge in [-0.2, -0.15) is 5.10 Å². The molecule has 1 N–H and O–H groups in total. The Labute approximate surface area is 222 Å². The zero-order chi connectivity index (χ0) is 26.6. The summed E-state index contributed by atoms with van der Waals surface area (Å²) in [5.41, 5.74) is 4.16. The molecular formula is C30H35N3O3S. The van der Waals surface area contributed by atoms with E-state index in [2.05, 4.69) is 57.2 Å². The van der Waals surface area contributed by atoms with E-state index in [1.165, 1.54) is 10.4 Å². The van der Waals surface area contributed by atoms with Crippen LogP contribution in [-0.4, -0.2) is 25.4 Å². The molecule has 0 unspecified atom stereocenters. The van der Waals surface area contributed by atoms with Gasteiger partial charge in [0.25, 0.3) is 0 Å². The summed E-state index contributed by atoms with van der Waals surface area (Å²) in [6.45, 7) is 9.71. The summed E-state index contributed by atoms with van der Waals surface area (Å²) in [4.78, 5) is 26.4. The zero-order valence-corrected chi connectivity index (χ0v) is 22.8. The number of rotatable bonds is 10. The molecule has 0 bridgehead atoms. The van der Waals surface area contributed by atoms with Gasteiger partial charge in [0, 0.05) is 22.7 Å². The van der Waals surface area contributed by atoms with Crippen LogP contribution in [0.2, 0.25) is 0 Å². The van der Waals surface area contributed by atoms with Crippen molar-refractivity contribution in [2.24, 2.45) is 0 Å². The van der Waals surface area contributed by atoms with Crippen molar-refractivity contribution in [2.45, 2.75) is 71.9 Å². The summed E-state index contributed by atoms with van der Waals surface area (Å²) in [6, 6.07) is 20.3. The lowest BCUT2D eigenvalue weighted by atomic mass is 9.95. The highest BCUT2D eigenvalue weighted by Crippen LogP contribution is 2.29. The number of hydrogen-bond donors (Lipinski definition) is 1. The Balaban J connectivity index is 1.39. The highest BCUT2D eigenvalue weighted by molar-refractivity contribution is 7.12. The Hall–Kier alpha value is -3.45. The topological polar surface area (TPSA) is 77.1 Å². The van der Waals surface area contributed by atoms with Crippen molar-refractivity contribution in [1.29, 1.82) is 0 Å². The van der Waals surface area contributed by atoms with Gasteiger partial charge < -0.3 is 5.11 Å². The summed E-state index contributed by atoms with van der Waals surface area (Å²) in [5.74, 6) is 0.0129. The molecule has 37 heavy (non-hydrogen) atoms. The van der Waals surface area contributed by atoms with Gasteiger partial charge in [-0.25, -0.2) is 9.48 Å². The summed E-state index contributed by atoms with van der Waals surface area (Å²) < 4.78 is 3.38. The van der Waals surface area contributed by atoms with Crippen molar-refractivity contribution >= 4 is 17.3 Å². The standard InChI is InChI=1S/C30H35N3O3S/c1-5-32-27(31-33(29(32)36)20-25-16-17-26(37-25)30(2,3)4)11-7-8-21-12-14-23(15-13-21)24-10-6-9-22(18-24)19-28(34)35/h6,9-10,12-18H,5,7-8,11,19-20H2,1-4H3,(H,34,35). The molecule has 0 aliphatic rings. The van der Waals surface area contributed by atoms with Gasteiger partial charge in [0.1, 0.15) is 5.82 Å². The maximum atomic E-state index is 13.0. The van der Waals surface area contributed by atoms with Gasteiger partial charge in [-0.3, -0.25) is 9.36 Å². The van der Waals surface area contributed by atoms with Crippen molar-refractivity contribution in [3.63, 3.8) is 0 Å². The predicted molar refractivity (Wildman–Crippen MR) is 150 cm³/mol. The van der Waals surface area contributed by atoms with Crippen molar-refractivity contribution in [3.8, 4) is 11.1 Å². The second kappa shape index (κ2) is 11.3. The molecule has 0 fully saturated rings. The highest BCUT2D eigenvalue weighted by atomic mass is 32.1. The molecular weight excluding hydrogens is 482 g/mol. The lowest BCUT2D eigenvalue weighted by molar-refractivity contribution is -0.136. The number of carboxylic acids is 1. The van der Waals surface area contributed by atoms with E-state index < -0.39 is 5.97 Å². The SMILES string of the molecule is CCn1c(CCCc2ccc(-c3cccc(CC(=O)O)c3)cc2)nn(Cc2ccc(C(C)(C)C)s2)c1=O. The second-order valence-corrected chi connectivity index (χ2v) is 11.6. The molecule has 0 saturated carbocycles. The van der Waals surface area contributed by atoms with Crippen molar-refractivity contribution in [3.05, 3.63) is 97.9 Å². The number of aromatic nitrogens is 3. The van der Waals surface area contributed by atoms with Crippen molar-refractivity contribution in [2.75, 3.05) is 0 Å². The third-order valence-electron chi connectivity index (χ3n) is 6.46. The number of carbonyl (C=O) groups is 1. The molecule has 0 aliphatic heterocycles. The minimum Gasteiger partial charge on any atom is -0.481 e. The van der Waals surface area contributed by atoms with E-state index >= 15 is 0 Å². The normalized spacial score (nSPS) is 11.7. The van der Waals surface area contributed by atoms with E-state index in [0.29, 0.717) is 13.1 Å². The van der Waals surface area contributed by atoms with Crippen LogP contribution in [0.3, 0.4) is 0 Å². The molecule has 2 aromatic carbocycles. The number of aliphatic carboxylic acids is 1. The number of hydrogen-bond acceptors (Lipinski definition) is 4. The van der Waals surface area contributed by atoms with E-state index in [1.54, 1.807) is 20.6 Å². The zero-order valence-electron chi connectivity index (χ0n) is 22.0. The van der Waals surface area contributed by atoms with E-state index in [4.69, 9.17) is 10.2 Å². The van der Waals surface area contributed by atoms with Crippen LogP contribution in [0.4, 0.5) is 0 Å². The monoisotopic (exact) mass is 517 g/mol. The number of nitrogens with zero attached hydrogens (tertiary/aromatic N) is 3. The van der Waals surface area contributed by atoms with Crippen LogP contribution in [0.1, 0.15) is 60.8 Å². The summed E-state index contributed by atoms with van der Waals surface area (Å²) in [7, 11) is 0. The summed E-state index contributed by atoms with van der Waals surface area (Å²) in [6.07, 6.45) is 2.56. The first-order valence-corrected chi connectivity index (χ1v) is 13.6. The minimum absolute atomic E-state index is 0.0236. The highest BCUT2D eigenvalue weighted by Gasteiger charge is 2.18. The van der Waals surface area contributed by atoms with Crippen molar-refractivity contribution in [1.82, 2.24) is 14.3 Å². The third-order valence-corrected chi connectivity index (χ3v) is 7.95. The van der Waals surface area contributed by atoms with Crippen molar-refractivity contribution < 1.29 is 9.90 Å². The largest absolute Gasteiger partial charge is 0.481 e. The smallest absolute Gasteiger partial charge is 0.346 e. The molecule has 0 saturated heterocycles. The Morgan fingerprint density at radius 2 is 1.73 bits per heavy atom. The molecule has 0 aliphatic carbocycles. The molecule has 0 spiro atoms. The van der Waals surface area contributed by atoms with Gasteiger partial charge in [-0.05, 0) is 59.6 Å². The van der Waals surface area contributed by atoms with Crippen LogP contribution < -0.4 is 5.69 Å². The average molecular weight is 518 g/mol. The molecule has 194 valence electrons. The number of aryl methyl sites for hydroxylation is 2. The van der Waals surface area contributed by atoms with Gasteiger partial charge in [-0.15, -0.1) is 11.3 Å². The van der Waals surface area contributed by atoms with E-state index in [1.807, 2.05) is 31.2 Å². The van der Waals surface area contributed by atoms with Gasteiger partial charge in [-0.1, -0.05) is 69.3 Å².